The second-order valence-electron chi connectivity index (χ2n) is 10.1. The standard InChI is InChI=1S/C29H36N2O4/c1-19(2)27(30-28(32)20(3)4)29(33)31-14-8-11-23(31)15-22-18-35-26-13-12-24(16-25(22)26)34-17-21-9-6-5-7-10-21/h5-7,9-10,12-13,16,18-20,23,27H,8,11,14-15,17H2,1-4H3,(H,30,32)/t23-,27-/m0/s1. The number of hydrogen-bond acceptors (Lipinski definition) is 4. The van der Waals surface area contributed by atoms with E-state index < -0.39 is 6.04 Å². The van der Waals surface area contributed by atoms with Crippen LogP contribution in [0.25, 0.3) is 11.0 Å². The van der Waals surface area contributed by atoms with Crippen LogP contribution in [0.1, 0.15) is 51.7 Å². The van der Waals surface area contributed by atoms with Gasteiger partial charge in [-0.1, -0.05) is 58.0 Å². The first kappa shape index (κ1) is 24.8. The van der Waals surface area contributed by atoms with Crippen LogP contribution in [0.15, 0.2) is 59.2 Å². The summed E-state index contributed by atoms with van der Waals surface area (Å²) in [5.74, 6) is 0.576. The van der Waals surface area contributed by atoms with E-state index >= 15 is 0 Å². The number of nitrogens with one attached hydrogen (secondary N) is 1. The van der Waals surface area contributed by atoms with Crippen molar-refractivity contribution in [3.63, 3.8) is 0 Å². The Balaban J connectivity index is 1.48. The van der Waals surface area contributed by atoms with Gasteiger partial charge in [-0.25, -0.2) is 0 Å². The maximum absolute atomic E-state index is 13.5. The number of fused-ring (bicyclic) bond motifs is 1. The molecule has 35 heavy (non-hydrogen) atoms. The molecule has 6 heteroatoms. The normalized spacial score (nSPS) is 16.7. The fourth-order valence-electron chi connectivity index (χ4n) is 4.65. The number of amides is 2. The molecule has 3 aromatic rings. The van der Waals surface area contributed by atoms with Gasteiger partial charge in [-0.05, 0) is 48.9 Å². The van der Waals surface area contributed by atoms with Crippen molar-refractivity contribution in [2.75, 3.05) is 6.54 Å². The van der Waals surface area contributed by atoms with E-state index in [1.807, 2.05) is 81.1 Å². The predicted molar refractivity (Wildman–Crippen MR) is 137 cm³/mol. The molecule has 0 radical (unpaired) electrons. The Kier molecular flexibility index (Phi) is 7.79. The summed E-state index contributed by atoms with van der Waals surface area (Å²) in [6.07, 6.45) is 4.41. The van der Waals surface area contributed by atoms with Crippen molar-refractivity contribution in [1.29, 1.82) is 0 Å². The molecule has 0 bridgehead atoms. The van der Waals surface area contributed by atoms with Crippen LogP contribution in [0.2, 0.25) is 0 Å². The van der Waals surface area contributed by atoms with Gasteiger partial charge in [0, 0.05) is 29.5 Å². The molecule has 0 spiro atoms. The molecule has 1 fully saturated rings. The van der Waals surface area contributed by atoms with Gasteiger partial charge < -0.3 is 19.4 Å². The Hall–Kier alpha value is -3.28. The van der Waals surface area contributed by atoms with Crippen molar-refractivity contribution in [1.82, 2.24) is 10.2 Å². The Morgan fingerprint density at radius 2 is 1.89 bits per heavy atom. The number of rotatable bonds is 9. The van der Waals surface area contributed by atoms with Crippen molar-refractivity contribution in [2.45, 2.75) is 65.6 Å². The molecule has 0 unspecified atom stereocenters. The Morgan fingerprint density at radius 3 is 2.60 bits per heavy atom. The number of carbonyl (C=O) groups excluding carboxylic acids is 2. The lowest BCUT2D eigenvalue weighted by molar-refractivity contribution is -0.139. The molecule has 1 aromatic heterocycles. The van der Waals surface area contributed by atoms with Crippen molar-refractivity contribution >= 4 is 22.8 Å². The third-order valence-corrected chi connectivity index (χ3v) is 6.74. The number of benzene rings is 2. The lowest BCUT2D eigenvalue weighted by atomic mass is 9.99. The zero-order valence-electron chi connectivity index (χ0n) is 21.1. The molecule has 6 nitrogen and oxygen atoms in total. The van der Waals surface area contributed by atoms with Crippen LogP contribution < -0.4 is 10.1 Å². The van der Waals surface area contributed by atoms with Gasteiger partial charge in [0.05, 0.1) is 6.26 Å². The topological polar surface area (TPSA) is 71.8 Å². The van der Waals surface area contributed by atoms with Crippen LogP contribution in [0.3, 0.4) is 0 Å². The van der Waals surface area contributed by atoms with E-state index in [1.165, 1.54) is 0 Å². The summed E-state index contributed by atoms with van der Waals surface area (Å²) in [6.45, 7) is 8.87. The number of carbonyl (C=O) groups is 2. The highest BCUT2D eigenvalue weighted by Gasteiger charge is 2.36. The summed E-state index contributed by atoms with van der Waals surface area (Å²) in [5.41, 5.74) is 3.00. The number of hydrogen-bond donors (Lipinski definition) is 1. The highest BCUT2D eigenvalue weighted by molar-refractivity contribution is 5.89. The minimum absolute atomic E-state index is 0.0104. The number of furan rings is 1. The quantitative estimate of drug-likeness (QED) is 0.452. The average molecular weight is 477 g/mol. The van der Waals surface area contributed by atoms with Crippen LogP contribution in [-0.2, 0) is 22.6 Å². The molecule has 1 aliphatic heterocycles. The molecular formula is C29H36N2O4. The van der Waals surface area contributed by atoms with Crippen LogP contribution in [0.5, 0.6) is 5.75 Å². The minimum Gasteiger partial charge on any atom is -0.489 e. The van der Waals surface area contributed by atoms with E-state index in [1.54, 1.807) is 6.26 Å². The van der Waals surface area contributed by atoms with Crippen molar-refractivity contribution in [3.8, 4) is 5.75 Å². The van der Waals surface area contributed by atoms with Crippen LogP contribution in [-0.4, -0.2) is 35.3 Å². The first-order valence-corrected chi connectivity index (χ1v) is 12.6. The molecule has 1 N–H and O–H groups in total. The third-order valence-electron chi connectivity index (χ3n) is 6.74. The van der Waals surface area contributed by atoms with Gasteiger partial charge in [0.15, 0.2) is 0 Å². The lowest BCUT2D eigenvalue weighted by Gasteiger charge is -2.31. The molecule has 0 saturated carbocycles. The van der Waals surface area contributed by atoms with Gasteiger partial charge in [-0.2, -0.15) is 0 Å². The largest absolute Gasteiger partial charge is 0.489 e. The molecule has 1 aliphatic rings. The predicted octanol–water partition coefficient (Wildman–Crippen LogP) is 5.34. The smallest absolute Gasteiger partial charge is 0.245 e. The van der Waals surface area contributed by atoms with E-state index in [0.29, 0.717) is 19.6 Å². The summed E-state index contributed by atoms with van der Waals surface area (Å²) >= 11 is 0. The third kappa shape index (κ3) is 5.87. The molecular weight excluding hydrogens is 440 g/mol. The van der Waals surface area contributed by atoms with Crippen molar-refractivity contribution < 1.29 is 18.7 Å². The van der Waals surface area contributed by atoms with Gasteiger partial charge in [0.25, 0.3) is 0 Å². The van der Waals surface area contributed by atoms with Crippen LogP contribution in [0.4, 0.5) is 0 Å². The molecule has 2 atom stereocenters. The van der Waals surface area contributed by atoms with Gasteiger partial charge in [-0.3, -0.25) is 9.59 Å². The summed E-state index contributed by atoms with van der Waals surface area (Å²) < 4.78 is 11.8. The monoisotopic (exact) mass is 476 g/mol. The molecule has 186 valence electrons. The highest BCUT2D eigenvalue weighted by atomic mass is 16.5. The van der Waals surface area contributed by atoms with Gasteiger partial charge in [0.2, 0.25) is 11.8 Å². The Labute approximate surface area is 207 Å². The van der Waals surface area contributed by atoms with E-state index in [4.69, 9.17) is 9.15 Å². The summed E-state index contributed by atoms with van der Waals surface area (Å²) in [5, 5.41) is 3.99. The molecule has 2 amide bonds. The zero-order chi connectivity index (χ0) is 24.9. The molecule has 4 rings (SSSR count). The van der Waals surface area contributed by atoms with Crippen LogP contribution >= 0.6 is 0 Å². The lowest BCUT2D eigenvalue weighted by Crippen LogP contribution is -2.53. The molecule has 0 aliphatic carbocycles. The van der Waals surface area contributed by atoms with Crippen molar-refractivity contribution in [3.05, 3.63) is 65.9 Å². The molecule has 2 heterocycles. The highest BCUT2D eigenvalue weighted by Crippen LogP contribution is 2.30. The van der Waals surface area contributed by atoms with Gasteiger partial charge in [-0.15, -0.1) is 0 Å². The summed E-state index contributed by atoms with van der Waals surface area (Å²) in [4.78, 5) is 27.8. The van der Waals surface area contributed by atoms with Gasteiger partial charge in [0.1, 0.15) is 24.0 Å². The van der Waals surface area contributed by atoms with E-state index in [-0.39, 0.29) is 29.7 Å². The SMILES string of the molecule is CC(C)C(=O)N[C@H](C(=O)N1CCC[C@H]1Cc1coc2ccc(OCc3ccccc3)cc12)C(C)C. The molecule has 1 saturated heterocycles. The maximum atomic E-state index is 13.5. The number of likely N-dealkylation sites (tertiary alicyclic amines) is 1. The Morgan fingerprint density at radius 1 is 1.11 bits per heavy atom. The fourth-order valence-corrected chi connectivity index (χ4v) is 4.65. The van der Waals surface area contributed by atoms with Crippen LogP contribution in [0, 0.1) is 11.8 Å². The van der Waals surface area contributed by atoms with E-state index in [9.17, 15) is 9.59 Å². The van der Waals surface area contributed by atoms with E-state index in [0.717, 1.165) is 40.7 Å². The fraction of sp³-hybridized carbons (Fsp3) is 0.448. The first-order chi connectivity index (χ1) is 16.8. The minimum atomic E-state index is -0.510. The maximum Gasteiger partial charge on any atom is 0.245 e. The first-order valence-electron chi connectivity index (χ1n) is 12.6. The summed E-state index contributed by atoms with van der Waals surface area (Å²) in [7, 11) is 0. The molecule has 2 aromatic carbocycles. The Bertz CT molecular complexity index is 1150. The van der Waals surface area contributed by atoms with E-state index in [2.05, 4.69) is 5.32 Å². The summed E-state index contributed by atoms with van der Waals surface area (Å²) in [6, 6.07) is 15.5. The number of nitrogens with zero attached hydrogens (tertiary/aromatic N) is 1. The van der Waals surface area contributed by atoms with Gasteiger partial charge >= 0.3 is 0 Å². The second-order valence-corrected chi connectivity index (χ2v) is 10.1. The number of ether oxygens (including phenoxy) is 1. The zero-order valence-corrected chi connectivity index (χ0v) is 21.1. The van der Waals surface area contributed by atoms with Crippen molar-refractivity contribution in [2.24, 2.45) is 11.8 Å². The average Bonchev–Trinajstić information content (AvgIpc) is 3.48. The second kappa shape index (κ2) is 11.0.